The number of aryl methyl sites for hydroxylation is 1. The minimum absolute atomic E-state index is 0.201. The lowest BCUT2D eigenvalue weighted by Crippen LogP contribution is -2.30. The molecule has 0 bridgehead atoms. The topological polar surface area (TPSA) is 26.0 Å². The zero-order valence-corrected chi connectivity index (χ0v) is 13.0. The van der Waals surface area contributed by atoms with Gasteiger partial charge < -0.3 is 5.73 Å². The average molecular weight is 310 g/mol. The van der Waals surface area contributed by atoms with E-state index in [2.05, 4.69) is 48.0 Å². The van der Waals surface area contributed by atoms with Crippen molar-refractivity contribution in [2.24, 2.45) is 17.6 Å². The number of hydrogen-bond acceptors (Lipinski definition) is 1. The largest absolute Gasteiger partial charge is 0.324 e. The van der Waals surface area contributed by atoms with E-state index in [4.69, 9.17) is 5.73 Å². The molecule has 0 amide bonds. The molecule has 3 unspecified atom stereocenters. The Morgan fingerprint density at radius 1 is 1.33 bits per heavy atom. The highest BCUT2D eigenvalue weighted by Gasteiger charge is 2.29. The summed E-state index contributed by atoms with van der Waals surface area (Å²) in [4.78, 5) is 0. The number of rotatable bonds is 3. The van der Waals surface area contributed by atoms with Crippen LogP contribution >= 0.6 is 15.9 Å². The monoisotopic (exact) mass is 309 g/mol. The molecule has 1 aliphatic carbocycles. The molecule has 1 fully saturated rings. The lowest BCUT2D eigenvalue weighted by Gasteiger charge is -2.35. The molecule has 0 spiro atoms. The maximum atomic E-state index is 6.53. The second kappa shape index (κ2) is 6.21. The maximum absolute atomic E-state index is 6.53. The van der Waals surface area contributed by atoms with Crippen LogP contribution in [0.1, 0.15) is 56.2 Å². The highest BCUT2D eigenvalue weighted by Crippen LogP contribution is 2.39. The summed E-state index contributed by atoms with van der Waals surface area (Å²) in [5.41, 5.74) is 9.10. The Bertz CT molecular complexity index is 402. The maximum Gasteiger partial charge on any atom is 0.0326 e. The molecule has 2 rings (SSSR count). The van der Waals surface area contributed by atoms with E-state index in [0.717, 1.165) is 5.92 Å². The fourth-order valence-electron chi connectivity index (χ4n) is 3.28. The van der Waals surface area contributed by atoms with Crippen molar-refractivity contribution < 1.29 is 0 Å². The van der Waals surface area contributed by atoms with Gasteiger partial charge in [-0.15, -0.1) is 0 Å². The van der Waals surface area contributed by atoms with Gasteiger partial charge in [-0.1, -0.05) is 60.7 Å². The van der Waals surface area contributed by atoms with Gasteiger partial charge in [-0.25, -0.2) is 0 Å². The zero-order valence-electron chi connectivity index (χ0n) is 11.5. The lowest BCUT2D eigenvalue weighted by atomic mass is 9.72. The van der Waals surface area contributed by atoms with Crippen LogP contribution < -0.4 is 5.73 Å². The minimum atomic E-state index is 0.201. The van der Waals surface area contributed by atoms with Crippen LogP contribution in [0, 0.1) is 18.8 Å². The van der Waals surface area contributed by atoms with Gasteiger partial charge >= 0.3 is 0 Å². The average Bonchev–Trinajstić information content (AvgIpc) is 2.41. The Hall–Kier alpha value is -0.340. The third kappa shape index (κ3) is 2.97. The van der Waals surface area contributed by atoms with Gasteiger partial charge in [0.2, 0.25) is 0 Å². The normalized spacial score (nSPS) is 26.0. The predicted molar refractivity (Wildman–Crippen MR) is 81.5 cm³/mol. The molecule has 0 saturated heterocycles. The van der Waals surface area contributed by atoms with Gasteiger partial charge in [0.05, 0.1) is 0 Å². The standard InChI is InChI=1S/C16H24BrN/c1-3-12-6-4-5-7-14(12)16(18)13-9-8-11(2)15(17)10-13/h8-10,12,14,16H,3-7,18H2,1-2H3. The van der Waals surface area contributed by atoms with Crippen molar-refractivity contribution in [1.82, 2.24) is 0 Å². The Morgan fingerprint density at radius 2 is 2.06 bits per heavy atom. The van der Waals surface area contributed by atoms with Crippen LogP contribution in [0.3, 0.4) is 0 Å². The van der Waals surface area contributed by atoms with Gasteiger partial charge in [0, 0.05) is 10.5 Å². The molecule has 18 heavy (non-hydrogen) atoms. The van der Waals surface area contributed by atoms with Crippen molar-refractivity contribution in [2.45, 2.75) is 52.0 Å². The zero-order chi connectivity index (χ0) is 13.1. The van der Waals surface area contributed by atoms with Crippen LogP contribution in [0.15, 0.2) is 22.7 Å². The van der Waals surface area contributed by atoms with Crippen molar-refractivity contribution in [3.05, 3.63) is 33.8 Å². The molecule has 0 aliphatic heterocycles. The second-order valence-corrected chi connectivity index (χ2v) is 6.51. The molecule has 1 nitrogen and oxygen atoms in total. The Labute approximate surface area is 119 Å². The van der Waals surface area contributed by atoms with Gasteiger partial charge in [0.1, 0.15) is 0 Å². The fourth-order valence-corrected chi connectivity index (χ4v) is 3.68. The van der Waals surface area contributed by atoms with Gasteiger partial charge in [-0.2, -0.15) is 0 Å². The molecule has 1 aliphatic rings. The summed E-state index contributed by atoms with van der Waals surface area (Å²) in [7, 11) is 0. The second-order valence-electron chi connectivity index (χ2n) is 5.65. The summed E-state index contributed by atoms with van der Waals surface area (Å²) in [5, 5.41) is 0. The van der Waals surface area contributed by atoms with Crippen LogP contribution in [0.4, 0.5) is 0 Å². The van der Waals surface area contributed by atoms with E-state index in [1.807, 2.05) is 0 Å². The van der Waals surface area contributed by atoms with Crippen molar-refractivity contribution in [2.75, 3.05) is 0 Å². The fraction of sp³-hybridized carbons (Fsp3) is 0.625. The van der Waals surface area contributed by atoms with E-state index in [1.54, 1.807) is 0 Å². The molecule has 3 atom stereocenters. The van der Waals surface area contributed by atoms with Crippen LogP contribution in [-0.4, -0.2) is 0 Å². The van der Waals surface area contributed by atoms with Crippen LogP contribution in [0.2, 0.25) is 0 Å². The van der Waals surface area contributed by atoms with E-state index < -0.39 is 0 Å². The Kier molecular flexibility index (Phi) is 4.85. The Morgan fingerprint density at radius 3 is 2.72 bits per heavy atom. The van der Waals surface area contributed by atoms with Crippen molar-refractivity contribution >= 4 is 15.9 Å². The summed E-state index contributed by atoms with van der Waals surface area (Å²) >= 11 is 3.61. The first-order chi connectivity index (χ1) is 8.63. The summed E-state index contributed by atoms with van der Waals surface area (Å²) in [5.74, 6) is 1.48. The van der Waals surface area contributed by atoms with Crippen LogP contribution in [0.25, 0.3) is 0 Å². The van der Waals surface area contributed by atoms with Gasteiger partial charge in [-0.3, -0.25) is 0 Å². The summed E-state index contributed by atoms with van der Waals surface area (Å²) in [6.45, 7) is 4.43. The van der Waals surface area contributed by atoms with Gasteiger partial charge in [0.25, 0.3) is 0 Å². The number of halogens is 1. The third-order valence-electron chi connectivity index (χ3n) is 4.53. The molecule has 0 radical (unpaired) electrons. The summed E-state index contributed by atoms with van der Waals surface area (Å²) in [6, 6.07) is 6.78. The molecule has 0 aromatic heterocycles. The van der Waals surface area contributed by atoms with Crippen molar-refractivity contribution in [3.63, 3.8) is 0 Å². The number of nitrogens with two attached hydrogens (primary N) is 1. The highest BCUT2D eigenvalue weighted by molar-refractivity contribution is 9.10. The highest BCUT2D eigenvalue weighted by atomic mass is 79.9. The first kappa shape index (κ1) is 14.1. The van der Waals surface area contributed by atoms with Crippen LogP contribution in [-0.2, 0) is 0 Å². The summed E-state index contributed by atoms with van der Waals surface area (Å²) < 4.78 is 1.18. The van der Waals surface area contributed by atoms with Gasteiger partial charge in [-0.05, 0) is 42.4 Å². The first-order valence-electron chi connectivity index (χ1n) is 7.15. The van der Waals surface area contributed by atoms with E-state index in [9.17, 15) is 0 Å². The SMILES string of the molecule is CCC1CCCCC1C(N)c1ccc(C)c(Br)c1. The summed E-state index contributed by atoms with van der Waals surface area (Å²) in [6.07, 6.45) is 6.67. The smallest absolute Gasteiger partial charge is 0.0326 e. The van der Waals surface area contributed by atoms with E-state index in [1.165, 1.54) is 47.7 Å². The molecule has 2 heteroatoms. The molecule has 2 N–H and O–H groups in total. The number of hydrogen-bond donors (Lipinski definition) is 1. The quantitative estimate of drug-likeness (QED) is 0.837. The molecule has 0 heterocycles. The lowest BCUT2D eigenvalue weighted by molar-refractivity contribution is 0.196. The third-order valence-corrected chi connectivity index (χ3v) is 5.39. The molecule has 1 aromatic carbocycles. The molecular weight excluding hydrogens is 286 g/mol. The van der Waals surface area contributed by atoms with E-state index in [-0.39, 0.29) is 6.04 Å². The van der Waals surface area contributed by atoms with Crippen LogP contribution in [0.5, 0.6) is 0 Å². The minimum Gasteiger partial charge on any atom is -0.324 e. The van der Waals surface area contributed by atoms with E-state index >= 15 is 0 Å². The molecule has 1 saturated carbocycles. The molecule has 100 valence electrons. The predicted octanol–water partition coefficient (Wildman–Crippen LogP) is 4.97. The van der Waals surface area contributed by atoms with Crippen molar-refractivity contribution in [3.8, 4) is 0 Å². The van der Waals surface area contributed by atoms with Gasteiger partial charge in [0.15, 0.2) is 0 Å². The van der Waals surface area contributed by atoms with Crippen molar-refractivity contribution in [1.29, 1.82) is 0 Å². The molecule has 1 aromatic rings. The first-order valence-corrected chi connectivity index (χ1v) is 7.94. The van der Waals surface area contributed by atoms with E-state index in [0.29, 0.717) is 5.92 Å². The number of benzene rings is 1. The Balaban J connectivity index is 2.18. The molecular formula is C16H24BrN.